The van der Waals surface area contributed by atoms with Crippen molar-refractivity contribution in [2.24, 2.45) is 0 Å². The number of hydrogen-bond donors (Lipinski definition) is 0. The van der Waals surface area contributed by atoms with Crippen LogP contribution in [0.2, 0.25) is 10.0 Å². The second-order valence-corrected chi connectivity index (χ2v) is 7.90. The number of rotatable bonds is 5. The van der Waals surface area contributed by atoms with Crippen molar-refractivity contribution in [2.75, 3.05) is 31.1 Å². The van der Waals surface area contributed by atoms with E-state index in [1.54, 1.807) is 6.07 Å². The van der Waals surface area contributed by atoms with Crippen LogP contribution >= 0.6 is 23.2 Å². The highest BCUT2D eigenvalue weighted by Crippen LogP contribution is 2.23. The molecule has 0 saturated carbocycles. The van der Waals surface area contributed by atoms with Crippen LogP contribution in [0.4, 0.5) is 5.95 Å². The fraction of sp³-hybridized carbons (Fsp3) is 0.273. The van der Waals surface area contributed by atoms with Gasteiger partial charge >= 0.3 is 0 Å². The average Bonchev–Trinajstić information content (AvgIpc) is 2.72. The molecule has 6 heteroatoms. The van der Waals surface area contributed by atoms with E-state index in [1.807, 2.05) is 30.6 Å². The minimum absolute atomic E-state index is 0.673. The smallest absolute Gasteiger partial charge is 0.225 e. The third-order valence-corrected chi connectivity index (χ3v) is 5.59. The van der Waals surface area contributed by atoms with E-state index < -0.39 is 0 Å². The lowest BCUT2D eigenvalue weighted by Crippen LogP contribution is -2.46. The SMILES string of the molecule is Clc1ccc(CN2CCN(c3ncc(Cc4ccccc4)cn3)CC2)c(Cl)c1. The molecule has 0 unspecified atom stereocenters. The van der Waals surface area contributed by atoms with E-state index >= 15 is 0 Å². The van der Waals surface area contributed by atoms with Crippen LogP contribution in [-0.4, -0.2) is 41.0 Å². The van der Waals surface area contributed by atoms with Crippen molar-refractivity contribution in [1.29, 1.82) is 0 Å². The molecular weight excluding hydrogens is 391 g/mol. The summed E-state index contributed by atoms with van der Waals surface area (Å²) < 4.78 is 0. The molecule has 1 saturated heterocycles. The maximum atomic E-state index is 6.30. The van der Waals surface area contributed by atoms with Crippen LogP contribution < -0.4 is 4.90 Å². The summed E-state index contributed by atoms with van der Waals surface area (Å²) in [7, 11) is 0. The van der Waals surface area contributed by atoms with Crippen molar-refractivity contribution in [2.45, 2.75) is 13.0 Å². The van der Waals surface area contributed by atoms with Gasteiger partial charge in [-0.3, -0.25) is 4.90 Å². The van der Waals surface area contributed by atoms with Gasteiger partial charge in [0, 0.05) is 61.6 Å². The van der Waals surface area contributed by atoms with E-state index in [1.165, 1.54) is 5.56 Å². The third-order valence-electron chi connectivity index (χ3n) is 5.01. The van der Waals surface area contributed by atoms with Crippen molar-refractivity contribution in [3.8, 4) is 0 Å². The first-order valence-electron chi connectivity index (χ1n) is 9.43. The van der Waals surface area contributed by atoms with Crippen molar-refractivity contribution in [1.82, 2.24) is 14.9 Å². The van der Waals surface area contributed by atoms with Crippen LogP contribution in [0.15, 0.2) is 60.9 Å². The summed E-state index contributed by atoms with van der Waals surface area (Å²) in [5, 5.41) is 1.40. The largest absolute Gasteiger partial charge is 0.338 e. The first-order chi connectivity index (χ1) is 13.7. The van der Waals surface area contributed by atoms with E-state index in [-0.39, 0.29) is 0 Å². The second-order valence-electron chi connectivity index (χ2n) is 7.05. The Morgan fingerprint density at radius 3 is 2.21 bits per heavy atom. The number of hydrogen-bond acceptors (Lipinski definition) is 4. The van der Waals surface area contributed by atoms with Gasteiger partial charge in [-0.1, -0.05) is 59.6 Å². The summed E-state index contributed by atoms with van der Waals surface area (Å²) in [6, 6.07) is 16.1. The molecule has 4 nitrogen and oxygen atoms in total. The van der Waals surface area contributed by atoms with Crippen molar-refractivity contribution in [3.63, 3.8) is 0 Å². The van der Waals surface area contributed by atoms with Crippen LogP contribution in [-0.2, 0) is 13.0 Å². The predicted molar refractivity (Wildman–Crippen MR) is 115 cm³/mol. The Bertz CT molecular complexity index is 908. The van der Waals surface area contributed by atoms with E-state index in [4.69, 9.17) is 23.2 Å². The second kappa shape index (κ2) is 8.91. The summed E-state index contributed by atoms with van der Waals surface area (Å²) >= 11 is 12.3. The van der Waals surface area contributed by atoms with Gasteiger partial charge in [0.15, 0.2) is 0 Å². The molecule has 1 fully saturated rings. The Morgan fingerprint density at radius 1 is 0.821 bits per heavy atom. The first kappa shape index (κ1) is 19.2. The number of nitrogens with zero attached hydrogens (tertiary/aromatic N) is 4. The molecule has 0 aliphatic carbocycles. The molecule has 1 aliphatic rings. The summed E-state index contributed by atoms with van der Waals surface area (Å²) in [4.78, 5) is 13.8. The zero-order valence-corrected chi connectivity index (χ0v) is 17.1. The van der Waals surface area contributed by atoms with Gasteiger partial charge in [-0.2, -0.15) is 0 Å². The zero-order chi connectivity index (χ0) is 19.3. The molecule has 2 aromatic carbocycles. The van der Waals surface area contributed by atoms with Crippen LogP contribution in [0.5, 0.6) is 0 Å². The van der Waals surface area contributed by atoms with E-state index in [9.17, 15) is 0 Å². The number of halogens is 2. The van der Waals surface area contributed by atoms with Crippen molar-refractivity contribution in [3.05, 3.63) is 87.7 Å². The van der Waals surface area contributed by atoms with Crippen LogP contribution in [0.3, 0.4) is 0 Å². The van der Waals surface area contributed by atoms with Crippen LogP contribution in [0.1, 0.15) is 16.7 Å². The Morgan fingerprint density at radius 2 is 1.54 bits per heavy atom. The van der Waals surface area contributed by atoms with Gasteiger partial charge in [0.2, 0.25) is 5.95 Å². The fourth-order valence-electron chi connectivity index (χ4n) is 3.43. The number of aromatic nitrogens is 2. The molecule has 144 valence electrons. The monoisotopic (exact) mass is 412 g/mol. The maximum Gasteiger partial charge on any atom is 0.225 e. The van der Waals surface area contributed by atoms with E-state index in [0.29, 0.717) is 5.02 Å². The van der Waals surface area contributed by atoms with E-state index in [2.05, 4.69) is 44.0 Å². The van der Waals surface area contributed by atoms with Crippen LogP contribution in [0.25, 0.3) is 0 Å². The lowest BCUT2D eigenvalue weighted by molar-refractivity contribution is 0.249. The van der Waals surface area contributed by atoms with Gasteiger partial charge in [0.25, 0.3) is 0 Å². The van der Waals surface area contributed by atoms with Gasteiger partial charge in [0.1, 0.15) is 0 Å². The highest BCUT2D eigenvalue weighted by Gasteiger charge is 2.19. The number of piperazine rings is 1. The molecule has 4 rings (SSSR count). The predicted octanol–water partition coefficient (Wildman–Crippen LogP) is 4.70. The molecule has 0 bridgehead atoms. The first-order valence-corrected chi connectivity index (χ1v) is 10.2. The average molecular weight is 413 g/mol. The molecule has 0 atom stereocenters. The maximum absolute atomic E-state index is 6.30. The molecule has 0 N–H and O–H groups in total. The van der Waals surface area contributed by atoms with Crippen molar-refractivity contribution < 1.29 is 0 Å². The van der Waals surface area contributed by atoms with Crippen molar-refractivity contribution >= 4 is 29.2 Å². The lowest BCUT2D eigenvalue weighted by Gasteiger charge is -2.34. The highest BCUT2D eigenvalue weighted by atomic mass is 35.5. The lowest BCUT2D eigenvalue weighted by atomic mass is 10.1. The molecule has 2 heterocycles. The Balaban J connectivity index is 1.32. The minimum Gasteiger partial charge on any atom is -0.338 e. The van der Waals surface area contributed by atoms with Crippen LogP contribution in [0, 0.1) is 0 Å². The quantitative estimate of drug-likeness (QED) is 0.607. The Labute approximate surface area is 175 Å². The van der Waals surface area contributed by atoms with Gasteiger partial charge in [-0.05, 0) is 28.8 Å². The highest BCUT2D eigenvalue weighted by molar-refractivity contribution is 6.35. The summed E-state index contributed by atoms with van der Waals surface area (Å²) in [6.07, 6.45) is 4.74. The number of anilines is 1. The molecule has 0 spiro atoms. The zero-order valence-electron chi connectivity index (χ0n) is 15.6. The number of benzene rings is 2. The molecule has 3 aromatic rings. The third kappa shape index (κ3) is 4.82. The summed E-state index contributed by atoms with van der Waals surface area (Å²) in [5.74, 6) is 0.806. The molecule has 1 aromatic heterocycles. The minimum atomic E-state index is 0.673. The van der Waals surface area contributed by atoms with Gasteiger partial charge in [0.05, 0.1) is 0 Å². The van der Waals surface area contributed by atoms with Gasteiger partial charge in [-0.25, -0.2) is 9.97 Å². The topological polar surface area (TPSA) is 32.3 Å². The molecule has 0 amide bonds. The van der Waals surface area contributed by atoms with E-state index in [0.717, 1.165) is 61.2 Å². The Kier molecular flexibility index (Phi) is 6.10. The Hall–Kier alpha value is -2.14. The summed E-state index contributed by atoms with van der Waals surface area (Å²) in [5.41, 5.74) is 3.51. The molecule has 28 heavy (non-hydrogen) atoms. The fourth-order valence-corrected chi connectivity index (χ4v) is 3.90. The normalized spacial score (nSPS) is 15.0. The van der Waals surface area contributed by atoms with Gasteiger partial charge < -0.3 is 4.90 Å². The van der Waals surface area contributed by atoms with Gasteiger partial charge in [-0.15, -0.1) is 0 Å². The molecule has 1 aliphatic heterocycles. The summed E-state index contributed by atoms with van der Waals surface area (Å²) in [6.45, 7) is 4.55. The molecular formula is C22H22Cl2N4. The molecule has 0 radical (unpaired) electrons. The standard InChI is InChI=1S/C22H22Cl2N4/c23-20-7-6-19(21(24)13-20)16-27-8-10-28(11-9-27)22-25-14-18(15-26-22)12-17-4-2-1-3-5-17/h1-7,13-15H,8-12,16H2.